The molecule has 0 aromatic heterocycles. The Balaban J connectivity index is 3.26. The van der Waals surface area contributed by atoms with E-state index in [1.165, 1.54) is 0 Å². The molecule has 0 saturated heterocycles. The Morgan fingerprint density at radius 2 is 1.31 bits per heavy atom. The summed E-state index contributed by atoms with van der Waals surface area (Å²) in [6, 6.07) is 5.38. The van der Waals surface area contributed by atoms with Crippen molar-refractivity contribution in [3.63, 3.8) is 0 Å². The molecule has 0 amide bonds. The smallest absolute Gasteiger partial charge is 0.310 e. The molecular formula is C27H44O5. The van der Waals surface area contributed by atoms with Gasteiger partial charge in [0.15, 0.2) is 0 Å². The number of ether oxygens (including phenoxy) is 1. The first-order valence-electron chi connectivity index (χ1n) is 12.4. The van der Waals surface area contributed by atoms with Gasteiger partial charge in [-0.2, -0.15) is 0 Å². The zero-order valence-corrected chi connectivity index (χ0v) is 20.7. The molecule has 2 unspecified atom stereocenters. The fraction of sp³-hybridized carbons (Fsp3) is 0.704. The Morgan fingerprint density at radius 1 is 0.781 bits per heavy atom. The molecule has 1 aromatic rings. The maximum absolute atomic E-state index is 12.2. The van der Waals surface area contributed by atoms with Gasteiger partial charge < -0.3 is 14.9 Å². The van der Waals surface area contributed by atoms with Crippen molar-refractivity contribution in [2.24, 2.45) is 11.8 Å². The van der Waals surface area contributed by atoms with Crippen LogP contribution in [0.3, 0.4) is 0 Å². The predicted molar refractivity (Wildman–Crippen MR) is 130 cm³/mol. The van der Waals surface area contributed by atoms with E-state index in [1.807, 2.05) is 0 Å². The highest BCUT2D eigenvalue weighted by Crippen LogP contribution is 2.36. The van der Waals surface area contributed by atoms with E-state index >= 15 is 0 Å². The van der Waals surface area contributed by atoms with E-state index in [9.17, 15) is 19.8 Å². The number of unbranched alkanes of at least 4 members (excludes halogenated alkanes) is 2. The van der Waals surface area contributed by atoms with Crippen molar-refractivity contribution in [3.8, 4) is 5.75 Å². The highest BCUT2D eigenvalue weighted by atomic mass is 16.5. The average Bonchev–Trinajstić information content (AvgIpc) is 2.71. The highest BCUT2D eigenvalue weighted by molar-refractivity contribution is 5.81. The predicted octanol–water partition coefficient (Wildman–Crippen LogP) is 7.24. The van der Waals surface area contributed by atoms with E-state index in [0.717, 1.165) is 44.9 Å². The first-order chi connectivity index (χ1) is 15.2. The van der Waals surface area contributed by atoms with E-state index in [4.69, 9.17) is 4.74 Å². The molecule has 1 aromatic carbocycles. The molecule has 0 aliphatic heterocycles. The molecule has 2 N–H and O–H groups in total. The first-order valence-corrected chi connectivity index (χ1v) is 12.4. The standard InChI is InChI=1S/C27H44O5/c1-6-7-8-17-32-21-15-16-22(23(26(28)29)13-9-11-19(2)3)25(18-21)24(27(30)31)14-10-12-20(4)5/h15-16,18-20,23-24H,6-14,17H2,1-5H3,(H,28,29)(H,30,31). The average molecular weight is 449 g/mol. The Morgan fingerprint density at radius 3 is 1.78 bits per heavy atom. The number of aliphatic carboxylic acids is 2. The molecule has 5 heteroatoms. The second-order valence-electron chi connectivity index (χ2n) is 9.78. The van der Waals surface area contributed by atoms with Crippen LogP contribution in [0.4, 0.5) is 0 Å². The summed E-state index contributed by atoms with van der Waals surface area (Å²) in [4.78, 5) is 24.4. The molecule has 5 nitrogen and oxygen atoms in total. The molecule has 0 fully saturated rings. The fourth-order valence-electron chi connectivity index (χ4n) is 4.09. The maximum Gasteiger partial charge on any atom is 0.310 e. The number of hydrogen-bond acceptors (Lipinski definition) is 3. The third kappa shape index (κ3) is 10.1. The molecule has 182 valence electrons. The molecular weight excluding hydrogens is 404 g/mol. The second kappa shape index (κ2) is 14.9. The van der Waals surface area contributed by atoms with Gasteiger partial charge in [0.05, 0.1) is 18.4 Å². The molecule has 0 aliphatic carbocycles. The lowest BCUT2D eigenvalue weighted by molar-refractivity contribution is -0.140. The summed E-state index contributed by atoms with van der Waals surface area (Å²) in [7, 11) is 0. The van der Waals surface area contributed by atoms with Crippen molar-refractivity contribution in [1.29, 1.82) is 0 Å². The topological polar surface area (TPSA) is 83.8 Å². The van der Waals surface area contributed by atoms with Crippen LogP contribution >= 0.6 is 0 Å². The summed E-state index contributed by atoms with van der Waals surface area (Å²) in [6.45, 7) is 11.2. The molecule has 32 heavy (non-hydrogen) atoms. The Kier molecular flexibility index (Phi) is 13.0. The van der Waals surface area contributed by atoms with Crippen LogP contribution in [0.2, 0.25) is 0 Å². The van der Waals surface area contributed by atoms with Crippen molar-refractivity contribution < 1.29 is 24.5 Å². The van der Waals surface area contributed by atoms with Gasteiger partial charge in [0.25, 0.3) is 0 Å². The minimum atomic E-state index is -0.899. The first kappa shape index (κ1) is 28.0. The number of carboxylic acid groups (broad SMARTS) is 2. The van der Waals surface area contributed by atoms with E-state index in [0.29, 0.717) is 48.2 Å². The van der Waals surface area contributed by atoms with Crippen LogP contribution in [0, 0.1) is 11.8 Å². The van der Waals surface area contributed by atoms with Gasteiger partial charge in [-0.3, -0.25) is 9.59 Å². The molecule has 1 rings (SSSR count). The Hall–Kier alpha value is -2.04. The van der Waals surface area contributed by atoms with Gasteiger partial charge in [-0.15, -0.1) is 0 Å². The van der Waals surface area contributed by atoms with Crippen molar-refractivity contribution in [2.45, 2.75) is 104 Å². The number of hydrogen-bond donors (Lipinski definition) is 2. The lowest BCUT2D eigenvalue weighted by atomic mass is 9.82. The van der Waals surface area contributed by atoms with Gasteiger partial charge in [0, 0.05) is 0 Å². The molecule has 0 spiro atoms. The molecule has 0 bridgehead atoms. The van der Waals surface area contributed by atoms with Crippen molar-refractivity contribution in [3.05, 3.63) is 29.3 Å². The lowest BCUT2D eigenvalue weighted by Gasteiger charge is -2.23. The van der Waals surface area contributed by atoms with E-state index in [1.54, 1.807) is 18.2 Å². The monoisotopic (exact) mass is 448 g/mol. The van der Waals surface area contributed by atoms with E-state index in [2.05, 4.69) is 34.6 Å². The maximum atomic E-state index is 12.2. The zero-order valence-electron chi connectivity index (χ0n) is 20.7. The summed E-state index contributed by atoms with van der Waals surface area (Å²) < 4.78 is 5.89. The largest absolute Gasteiger partial charge is 0.494 e. The summed E-state index contributed by atoms with van der Waals surface area (Å²) in [6.07, 6.45) is 7.62. The van der Waals surface area contributed by atoms with Crippen molar-refractivity contribution in [2.75, 3.05) is 6.61 Å². The van der Waals surface area contributed by atoms with Gasteiger partial charge in [0.2, 0.25) is 0 Å². The van der Waals surface area contributed by atoms with Gasteiger partial charge >= 0.3 is 11.9 Å². The van der Waals surface area contributed by atoms with Crippen LogP contribution in [0.25, 0.3) is 0 Å². The second-order valence-corrected chi connectivity index (χ2v) is 9.78. The van der Waals surface area contributed by atoms with E-state index < -0.39 is 23.8 Å². The normalized spacial score (nSPS) is 13.3. The van der Waals surface area contributed by atoms with Crippen LogP contribution in [0.15, 0.2) is 18.2 Å². The van der Waals surface area contributed by atoms with Crippen molar-refractivity contribution >= 4 is 11.9 Å². The van der Waals surface area contributed by atoms with Gasteiger partial charge in [-0.05, 0) is 54.4 Å². The molecule has 0 saturated carbocycles. The highest BCUT2D eigenvalue weighted by Gasteiger charge is 2.29. The number of carboxylic acids is 2. The Labute approximate surface area is 194 Å². The molecule has 2 atom stereocenters. The zero-order chi connectivity index (χ0) is 24.1. The number of benzene rings is 1. The van der Waals surface area contributed by atoms with Crippen LogP contribution in [0.1, 0.15) is 115 Å². The lowest BCUT2D eigenvalue weighted by Crippen LogP contribution is -2.19. The van der Waals surface area contributed by atoms with Crippen LogP contribution in [0.5, 0.6) is 5.75 Å². The molecule has 0 aliphatic rings. The van der Waals surface area contributed by atoms with Crippen LogP contribution in [-0.4, -0.2) is 28.8 Å². The third-order valence-corrected chi connectivity index (χ3v) is 5.97. The summed E-state index contributed by atoms with van der Waals surface area (Å²) in [5, 5.41) is 20.0. The summed E-state index contributed by atoms with van der Waals surface area (Å²) in [5.41, 5.74) is 1.23. The fourth-order valence-corrected chi connectivity index (χ4v) is 4.09. The quantitative estimate of drug-likeness (QED) is 0.245. The Bertz CT molecular complexity index is 695. The SMILES string of the molecule is CCCCCOc1ccc(C(CCCC(C)C)C(=O)O)c(C(CCCC(C)C)C(=O)O)c1. The van der Waals surface area contributed by atoms with Gasteiger partial charge in [-0.25, -0.2) is 0 Å². The van der Waals surface area contributed by atoms with Crippen molar-refractivity contribution in [1.82, 2.24) is 0 Å². The van der Waals surface area contributed by atoms with Gasteiger partial charge in [0.1, 0.15) is 5.75 Å². The third-order valence-electron chi connectivity index (χ3n) is 5.97. The minimum absolute atomic E-state index is 0.498. The van der Waals surface area contributed by atoms with Crippen LogP contribution < -0.4 is 4.74 Å². The number of carbonyl (C=O) groups is 2. The molecule has 0 radical (unpaired) electrons. The summed E-state index contributed by atoms with van der Waals surface area (Å²) >= 11 is 0. The van der Waals surface area contributed by atoms with Crippen LogP contribution in [-0.2, 0) is 9.59 Å². The summed E-state index contributed by atoms with van der Waals surface area (Å²) in [5.74, 6) is -1.59. The molecule has 0 heterocycles. The van der Waals surface area contributed by atoms with Gasteiger partial charge in [-0.1, -0.05) is 79.2 Å². The number of rotatable bonds is 17. The minimum Gasteiger partial charge on any atom is -0.494 e. The van der Waals surface area contributed by atoms with E-state index in [-0.39, 0.29) is 0 Å².